The van der Waals surface area contributed by atoms with Gasteiger partial charge in [0.05, 0.1) is 25.5 Å². The van der Waals surface area contributed by atoms with E-state index in [0.717, 1.165) is 0 Å². The fourth-order valence-electron chi connectivity index (χ4n) is 1.44. The highest BCUT2D eigenvalue weighted by Crippen LogP contribution is 2.31. The van der Waals surface area contributed by atoms with E-state index < -0.39 is 5.82 Å². The van der Waals surface area contributed by atoms with Crippen LogP contribution in [0.2, 0.25) is 0 Å². The average molecular weight is 258 g/mol. The highest BCUT2D eigenvalue weighted by Gasteiger charge is 2.08. The van der Waals surface area contributed by atoms with Crippen molar-refractivity contribution in [2.24, 2.45) is 0 Å². The van der Waals surface area contributed by atoms with Crippen LogP contribution in [0.5, 0.6) is 5.75 Å². The Kier molecular flexibility index (Phi) is 6.24. The number of nitrogen functional groups attached to an aromatic ring is 1. The number of methoxy groups -OCH3 is 1. The van der Waals surface area contributed by atoms with Gasteiger partial charge >= 0.3 is 0 Å². The van der Waals surface area contributed by atoms with Crippen molar-refractivity contribution in [1.29, 1.82) is 0 Å². The van der Waals surface area contributed by atoms with Crippen LogP contribution in [0.1, 0.15) is 0 Å². The van der Waals surface area contributed by atoms with Crippen LogP contribution in [-0.2, 0) is 9.47 Å². The molecule has 0 heterocycles. The lowest BCUT2D eigenvalue weighted by molar-refractivity contribution is 0.0545. The lowest BCUT2D eigenvalue weighted by Gasteiger charge is -2.13. The summed E-state index contributed by atoms with van der Waals surface area (Å²) >= 11 is 0. The number of anilines is 2. The second-order valence-corrected chi connectivity index (χ2v) is 3.57. The van der Waals surface area contributed by atoms with E-state index in [-0.39, 0.29) is 0 Å². The summed E-state index contributed by atoms with van der Waals surface area (Å²) in [6, 6.07) is 2.53. The van der Waals surface area contributed by atoms with E-state index in [0.29, 0.717) is 43.6 Å². The van der Waals surface area contributed by atoms with Gasteiger partial charge in [-0.15, -0.1) is 0 Å². The molecule has 0 fully saturated rings. The van der Waals surface area contributed by atoms with Gasteiger partial charge in [-0.1, -0.05) is 0 Å². The topological polar surface area (TPSA) is 65.7 Å². The Morgan fingerprint density at radius 1 is 1.22 bits per heavy atom. The van der Waals surface area contributed by atoms with Crippen LogP contribution in [0, 0.1) is 5.82 Å². The fourth-order valence-corrected chi connectivity index (χ4v) is 1.44. The molecule has 0 atom stereocenters. The Morgan fingerprint density at radius 3 is 2.61 bits per heavy atom. The van der Waals surface area contributed by atoms with E-state index in [9.17, 15) is 4.39 Å². The molecule has 0 radical (unpaired) electrons. The molecule has 0 saturated carbocycles. The summed E-state index contributed by atoms with van der Waals surface area (Å²) in [5, 5.41) is 2.87. The first-order valence-corrected chi connectivity index (χ1v) is 5.65. The van der Waals surface area contributed by atoms with Crippen molar-refractivity contribution < 1.29 is 18.6 Å². The predicted octanol–water partition coefficient (Wildman–Crippen LogP) is 1.49. The lowest BCUT2D eigenvalue weighted by atomic mass is 10.2. The zero-order valence-electron chi connectivity index (χ0n) is 10.7. The molecule has 0 bridgehead atoms. The van der Waals surface area contributed by atoms with Gasteiger partial charge < -0.3 is 25.3 Å². The SMILES string of the molecule is CNc1c(N)cc(F)cc1OCCOCCOC. The molecule has 1 aromatic rings. The van der Waals surface area contributed by atoms with E-state index in [1.54, 1.807) is 14.2 Å². The second kappa shape index (κ2) is 7.73. The Bertz CT molecular complexity index is 375. The Morgan fingerprint density at radius 2 is 1.94 bits per heavy atom. The number of hydrogen-bond donors (Lipinski definition) is 2. The van der Waals surface area contributed by atoms with Gasteiger partial charge in [-0.05, 0) is 6.07 Å². The summed E-state index contributed by atoms with van der Waals surface area (Å²) in [6.07, 6.45) is 0. The standard InChI is InChI=1S/C12H19FN2O3/c1-15-12-10(14)7-9(13)8-11(12)18-6-5-17-4-3-16-2/h7-8,15H,3-6,14H2,1-2H3. The maximum absolute atomic E-state index is 13.2. The zero-order chi connectivity index (χ0) is 13.4. The summed E-state index contributed by atoms with van der Waals surface area (Å²) in [6.45, 7) is 1.77. The van der Waals surface area contributed by atoms with E-state index >= 15 is 0 Å². The molecule has 5 nitrogen and oxygen atoms in total. The van der Waals surface area contributed by atoms with Crippen LogP contribution in [0.15, 0.2) is 12.1 Å². The van der Waals surface area contributed by atoms with E-state index in [1.807, 2.05) is 0 Å². The van der Waals surface area contributed by atoms with Gasteiger partial charge in [-0.25, -0.2) is 4.39 Å². The van der Waals surface area contributed by atoms with Crippen molar-refractivity contribution in [3.05, 3.63) is 17.9 Å². The van der Waals surface area contributed by atoms with Gasteiger partial charge in [0.2, 0.25) is 0 Å². The van der Waals surface area contributed by atoms with Crippen LogP contribution in [-0.4, -0.2) is 40.6 Å². The van der Waals surface area contributed by atoms with Gasteiger partial charge in [0, 0.05) is 20.2 Å². The minimum atomic E-state index is -0.429. The van der Waals surface area contributed by atoms with Crippen LogP contribution in [0.4, 0.5) is 15.8 Å². The van der Waals surface area contributed by atoms with Crippen molar-refractivity contribution in [3.8, 4) is 5.75 Å². The van der Waals surface area contributed by atoms with Crippen molar-refractivity contribution >= 4 is 11.4 Å². The minimum absolute atomic E-state index is 0.313. The third kappa shape index (κ3) is 4.38. The molecule has 0 unspecified atom stereocenters. The molecule has 0 saturated heterocycles. The Balaban J connectivity index is 2.46. The van der Waals surface area contributed by atoms with Gasteiger partial charge in [0.15, 0.2) is 0 Å². The minimum Gasteiger partial charge on any atom is -0.489 e. The van der Waals surface area contributed by atoms with E-state index in [2.05, 4.69) is 5.32 Å². The predicted molar refractivity (Wildman–Crippen MR) is 68.5 cm³/mol. The van der Waals surface area contributed by atoms with Crippen LogP contribution < -0.4 is 15.8 Å². The molecular weight excluding hydrogens is 239 g/mol. The highest BCUT2D eigenvalue weighted by atomic mass is 19.1. The molecule has 18 heavy (non-hydrogen) atoms. The third-order valence-electron chi connectivity index (χ3n) is 2.26. The van der Waals surface area contributed by atoms with Crippen molar-refractivity contribution in [3.63, 3.8) is 0 Å². The van der Waals surface area contributed by atoms with E-state index in [1.165, 1.54) is 12.1 Å². The first-order valence-electron chi connectivity index (χ1n) is 5.65. The quantitative estimate of drug-likeness (QED) is 0.546. The van der Waals surface area contributed by atoms with Gasteiger partial charge in [-0.2, -0.15) is 0 Å². The molecule has 0 spiro atoms. The molecule has 0 aliphatic heterocycles. The van der Waals surface area contributed by atoms with Crippen LogP contribution >= 0.6 is 0 Å². The Labute approximate surface area is 106 Å². The van der Waals surface area contributed by atoms with Crippen LogP contribution in [0.25, 0.3) is 0 Å². The molecule has 0 aliphatic rings. The molecule has 102 valence electrons. The summed E-state index contributed by atoms with van der Waals surface area (Å²) in [7, 11) is 3.31. The van der Waals surface area contributed by atoms with Gasteiger partial charge in [0.1, 0.15) is 23.9 Å². The Hall–Kier alpha value is -1.53. The second-order valence-electron chi connectivity index (χ2n) is 3.57. The molecular formula is C12H19FN2O3. The van der Waals surface area contributed by atoms with Crippen molar-refractivity contribution in [2.45, 2.75) is 0 Å². The smallest absolute Gasteiger partial charge is 0.147 e. The average Bonchev–Trinajstić information content (AvgIpc) is 2.33. The summed E-state index contributed by atoms with van der Waals surface area (Å²) < 4.78 is 28.7. The first-order chi connectivity index (χ1) is 8.69. The molecule has 0 amide bonds. The van der Waals surface area contributed by atoms with Crippen molar-refractivity contribution in [1.82, 2.24) is 0 Å². The molecule has 1 rings (SSSR count). The summed E-state index contributed by atoms with van der Waals surface area (Å²) in [5.74, 6) is -0.0489. The summed E-state index contributed by atoms with van der Waals surface area (Å²) in [5.41, 5.74) is 6.56. The molecule has 0 aromatic heterocycles. The third-order valence-corrected chi connectivity index (χ3v) is 2.26. The number of halogens is 1. The molecule has 1 aromatic carbocycles. The summed E-state index contributed by atoms with van der Waals surface area (Å²) in [4.78, 5) is 0. The molecule has 0 aliphatic carbocycles. The maximum Gasteiger partial charge on any atom is 0.147 e. The number of hydrogen-bond acceptors (Lipinski definition) is 5. The number of benzene rings is 1. The number of nitrogens with two attached hydrogens (primary N) is 1. The normalized spacial score (nSPS) is 10.4. The fraction of sp³-hybridized carbons (Fsp3) is 0.500. The monoisotopic (exact) mass is 258 g/mol. The van der Waals surface area contributed by atoms with E-state index in [4.69, 9.17) is 19.9 Å². The number of rotatable bonds is 8. The maximum atomic E-state index is 13.2. The van der Waals surface area contributed by atoms with Crippen molar-refractivity contribution in [2.75, 3.05) is 51.6 Å². The first kappa shape index (κ1) is 14.5. The number of ether oxygens (including phenoxy) is 3. The van der Waals surface area contributed by atoms with Gasteiger partial charge in [-0.3, -0.25) is 0 Å². The highest BCUT2D eigenvalue weighted by molar-refractivity contribution is 5.73. The largest absolute Gasteiger partial charge is 0.489 e. The number of nitrogens with one attached hydrogen (secondary N) is 1. The lowest BCUT2D eigenvalue weighted by Crippen LogP contribution is -2.11. The molecule has 6 heteroatoms. The van der Waals surface area contributed by atoms with Gasteiger partial charge in [0.25, 0.3) is 0 Å². The van der Waals surface area contributed by atoms with Crippen LogP contribution in [0.3, 0.4) is 0 Å². The molecule has 3 N–H and O–H groups in total. The zero-order valence-corrected chi connectivity index (χ0v) is 10.7.